The summed E-state index contributed by atoms with van der Waals surface area (Å²) < 4.78 is 10.3. The number of hydrogen-bond donors (Lipinski definition) is 1. The second-order valence-corrected chi connectivity index (χ2v) is 5.78. The molecule has 0 saturated heterocycles. The van der Waals surface area contributed by atoms with E-state index in [0.29, 0.717) is 19.4 Å². The SMILES string of the molecule is CCCCCCC(CCC(=O)O)OC(=O)OCCCN(C)C. The number of unbranched alkanes of at least 4 members (excludes halogenated alkanes) is 3. The van der Waals surface area contributed by atoms with Gasteiger partial charge in [0.1, 0.15) is 6.10 Å². The zero-order valence-electron chi connectivity index (χ0n) is 14.2. The van der Waals surface area contributed by atoms with Gasteiger partial charge in [-0.2, -0.15) is 0 Å². The van der Waals surface area contributed by atoms with Crippen molar-refractivity contribution in [2.75, 3.05) is 27.2 Å². The van der Waals surface area contributed by atoms with Gasteiger partial charge in [-0.15, -0.1) is 0 Å². The Balaban J connectivity index is 4.01. The minimum absolute atomic E-state index is 0.00630. The molecule has 0 aromatic heterocycles. The number of ether oxygens (including phenoxy) is 2. The first-order chi connectivity index (χ1) is 10.5. The maximum atomic E-state index is 11.6. The molecule has 0 heterocycles. The van der Waals surface area contributed by atoms with Crippen LogP contribution in [0.1, 0.15) is 58.3 Å². The van der Waals surface area contributed by atoms with Gasteiger partial charge in [-0.05, 0) is 39.8 Å². The number of nitrogens with zero attached hydrogens (tertiary/aromatic N) is 1. The summed E-state index contributed by atoms with van der Waals surface area (Å²) in [6.45, 7) is 3.29. The molecule has 0 radical (unpaired) electrons. The van der Waals surface area contributed by atoms with E-state index in [0.717, 1.165) is 38.6 Å². The fourth-order valence-electron chi connectivity index (χ4n) is 2.05. The van der Waals surface area contributed by atoms with E-state index >= 15 is 0 Å². The van der Waals surface area contributed by atoms with E-state index in [1.54, 1.807) is 0 Å². The van der Waals surface area contributed by atoms with Crippen molar-refractivity contribution in [3.05, 3.63) is 0 Å². The molecule has 6 heteroatoms. The zero-order chi connectivity index (χ0) is 16.8. The Morgan fingerprint density at radius 1 is 1.09 bits per heavy atom. The fourth-order valence-corrected chi connectivity index (χ4v) is 2.05. The Kier molecular flexibility index (Phi) is 12.6. The quantitative estimate of drug-likeness (QED) is 0.415. The molecule has 0 aromatic rings. The first-order valence-corrected chi connectivity index (χ1v) is 8.15. The van der Waals surface area contributed by atoms with E-state index in [1.165, 1.54) is 0 Å². The van der Waals surface area contributed by atoms with Gasteiger partial charge in [0, 0.05) is 13.0 Å². The smallest absolute Gasteiger partial charge is 0.481 e. The third-order valence-electron chi connectivity index (χ3n) is 3.29. The number of carboxylic acids is 1. The zero-order valence-corrected chi connectivity index (χ0v) is 14.2. The van der Waals surface area contributed by atoms with Crippen LogP contribution in [0.4, 0.5) is 4.79 Å². The molecular formula is C16H31NO5. The highest BCUT2D eigenvalue weighted by molar-refractivity contribution is 5.66. The van der Waals surface area contributed by atoms with Crippen LogP contribution in [-0.4, -0.2) is 55.5 Å². The van der Waals surface area contributed by atoms with Crippen molar-refractivity contribution in [2.45, 2.75) is 64.4 Å². The molecule has 0 amide bonds. The lowest BCUT2D eigenvalue weighted by Gasteiger charge is -2.17. The van der Waals surface area contributed by atoms with Crippen LogP contribution in [0.25, 0.3) is 0 Å². The van der Waals surface area contributed by atoms with Crippen molar-refractivity contribution >= 4 is 12.1 Å². The molecule has 1 atom stereocenters. The van der Waals surface area contributed by atoms with Gasteiger partial charge in [0.05, 0.1) is 6.61 Å². The molecule has 0 aliphatic carbocycles. The highest BCUT2D eigenvalue weighted by Crippen LogP contribution is 2.14. The van der Waals surface area contributed by atoms with Crippen LogP contribution in [0.5, 0.6) is 0 Å². The molecule has 0 fully saturated rings. The van der Waals surface area contributed by atoms with E-state index in [4.69, 9.17) is 14.6 Å². The Morgan fingerprint density at radius 3 is 2.41 bits per heavy atom. The third-order valence-corrected chi connectivity index (χ3v) is 3.29. The largest absolute Gasteiger partial charge is 0.508 e. The minimum Gasteiger partial charge on any atom is -0.481 e. The second-order valence-electron chi connectivity index (χ2n) is 5.78. The topological polar surface area (TPSA) is 76.1 Å². The number of aliphatic carboxylic acids is 1. The maximum Gasteiger partial charge on any atom is 0.508 e. The van der Waals surface area contributed by atoms with Crippen LogP contribution < -0.4 is 0 Å². The van der Waals surface area contributed by atoms with Crippen molar-refractivity contribution in [2.24, 2.45) is 0 Å². The Labute approximate surface area is 133 Å². The molecule has 0 spiro atoms. The van der Waals surface area contributed by atoms with Crippen molar-refractivity contribution in [1.82, 2.24) is 4.90 Å². The first kappa shape index (κ1) is 20.7. The average Bonchev–Trinajstić information content (AvgIpc) is 2.45. The molecule has 0 bridgehead atoms. The van der Waals surface area contributed by atoms with Crippen LogP contribution in [0.15, 0.2) is 0 Å². The Morgan fingerprint density at radius 2 is 1.82 bits per heavy atom. The van der Waals surface area contributed by atoms with Crippen molar-refractivity contribution in [1.29, 1.82) is 0 Å². The first-order valence-electron chi connectivity index (χ1n) is 8.15. The molecule has 130 valence electrons. The molecule has 6 nitrogen and oxygen atoms in total. The molecule has 1 unspecified atom stereocenters. The number of carbonyl (C=O) groups is 2. The van der Waals surface area contributed by atoms with Crippen LogP contribution in [0, 0.1) is 0 Å². The average molecular weight is 317 g/mol. The van der Waals surface area contributed by atoms with Crippen molar-refractivity contribution in [3.63, 3.8) is 0 Å². The highest BCUT2D eigenvalue weighted by atomic mass is 16.7. The summed E-state index contributed by atoms with van der Waals surface area (Å²) in [7, 11) is 3.91. The van der Waals surface area contributed by atoms with Crippen LogP contribution >= 0.6 is 0 Å². The number of hydrogen-bond acceptors (Lipinski definition) is 5. The molecular weight excluding hydrogens is 286 g/mol. The molecule has 22 heavy (non-hydrogen) atoms. The Bertz CT molecular complexity index is 307. The second kappa shape index (κ2) is 13.4. The van der Waals surface area contributed by atoms with Gasteiger partial charge in [-0.3, -0.25) is 4.79 Å². The van der Waals surface area contributed by atoms with Gasteiger partial charge in [0.2, 0.25) is 0 Å². The lowest BCUT2D eigenvalue weighted by molar-refractivity contribution is -0.137. The molecule has 0 rings (SSSR count). The molecule has 1 N–H and O–H groups in total. The van der Waals surface area contributed by atoms with Gasteiger partial charge in [0.15, 0.2) is 0 Å². The fraction of sp³-hybridized carbons (Fsp3) is 0.875. The summed E-state index contributed by atoms with van der Waals surface area (Å²) in [4.78, 5) is 24.3. The summed E-state index contributed by atoms with van der Waals surface area (Å²) in [5, 5.41) is 8.76. The summed E-state index contributed by atoms with van der Waals surface area (Å²) in [6.07, 6.45) is 5.01. The normalized spacial score (nSPS) is 12.2. The minimum atomic E-state index is -0.874. The monoisotopic (exact) mass is 317 g/mol. The van der Waals surface area contributed by atoms with E-state index in [-0.39, 0.29) is 12.5 Å². The lowest BCUT2D eigenvalue weighted by Crippen LogP contribution is -2.22. The summed E-state index contributed by atoms with van der Waals surface area (Å²) in [6, 6.07) is 0. The number of carboxylic acid groups (broad SMARTS) is 1. The van der Waals surface area contributed by atoms with Gasteiger partial charge >= 0.3 is 12.1 Å². The molecule has 0 aliphatic heterocycles. The summed E-state index contributed by atoms with van der Waals surface area (Å²) >= 11 is 0. The van der Waals surface area contributed by atoms with Crippen LogP contribution in [-0.2, 0) is 14.3 Å². The summed E-state index contributed by atoms with van der Waals surface area (Å²) in [5.41, 5.74) is 0. The predicted octanol–water partition coefficient (Wildman–Crippen LogP) is 3.30. The number of rotatable bonds is 13. The van der Waals surface area contributed by atoms with E-state index in [9.17, 15) is 9.59 Å². The van der Waals surface area contributed by atoms with Gasteiger partial charge < -0.3 is 19.5 Å². The molecule has 0 aliphatic rings. The third kappa shape index (κ3) is 13.7. The molecule has 0 aromatic carbocycles. The van der Waals surface area contributed by atoms with Crippen LogP contribution in [0.2, 0.25) is 0 Å². The summed E-state index contributed by atoms with van der Waals surface area (Å²) in [5.74, 6) is -0.874. The van der Waals surface area contributed by atoms with Crippen molar-refractivity contribution < 1.29 is 24.2 Å². The van der Waals surface area contributed by atoms with Gasteiger partial charge in [0.25, 0.3) is 0 Å². The number of carbonyl (C=O) groups excluding carboxylic acids is 1. The highest BCUT2D eigenvalue weighted by Gasteiger charge is 2.16. The van der Waals surface area contributed by atoms with E-state index in [2.05, 4.69) is 6.92 Å². The standard InChI is InChI=1S/C16H31NO5/c1-4-5-6-7-9-14(10-11-15(18)19)22-16(20)21-13-8-12-17(2)3/h14H,4-13H2,1-3H3,(H,18,19). The van der Waals surface area contributed by atoms with Crippen LogP contribution in [0.3, 0.4) is 0 Å². The van der Waals surface area contributed by atoms with Gasteiger partial charge in [-0.25, -0.2) is 4.79 Å². The van der Waals surface area contributed by atoms with Gasteiger partial charge in [-0.1, -0.05) is 26.2 Å². The molecule has 0 saturated carbocycles. The maximum absolute atomic E-state index is 11.6. The Hall–Kier alpha value is -1.30. The van der Waals surface area contributed by atoms with E-state index in [1.807, 2.05) is 19.0 Å². The van der Waals surface area contributed by atoms with E-state index < -0.39 is 12.1 Å². The lowest BCUT2D eigenvalue weighted by atomic mass is 10.1. The predicted molar refractivity (Wildman–Crippen MR) is 85.0 cm³/mol. The van der Waals surface area contributed by atoms with Crippen molar-refractivity contribution in [3.8, 4) is 0 Å².